The number of benzene rings is 2. The molecular weight excluding hydrogens is 816 g/mol. The average molecular weight is 865 g/mol. The highest BCUT2D eigenvalue weighted by molar-refractivity contribution is 6.31. The summed E-state index contributed by atoms with van der Waals surface area (Å²) < 4.78 is 27.1. The minimum absolute atomic E-state index is 0.0173. The second-order valence-corrected chi connectivity index (χ2v) is 15.9. The molecule has 8 rings (SSSR count). The number of fused-ring (bicyclic) bond motifs is 3. The van der Waals surface area contributed by atoms with Crippen LogP contribution in [-0.4, -0.2) is 160 Å². The zero-order valence-electron chi connectivity index (χ0n) is 34.3. The predicted octanol–water partition coefficient (Wildman–Crippen LogP) is -0.591. The smallest absolute Gasteiger partial charge is 0.404 e. The Morgan fingerprint density at radius 3 is 2.18 bits per heavy atom. The summed E-state index contributed by atoms with van der Waals surface area (Å²) in [5.74, 6) is -4.18. The Balaban J connectivity index is 0.000000213. The van der Waals surface area contributed by atoms with E-state index in [9.17, 15) is 54.3 Å². The Bertz CT molecular complexity index is 2320. The molecule has 20 nitrogen and oxygen atoms in total. The second-order valence-electron chi connectivity index (χ2n) is 15.9. The van der Waals surface area contributed by atoms with E-state index in [0.717, 1.165) is 26.2 Å². The van der Waals surface area contributed by atoms with Crippen molar-refractivity contribution in [1.82, 2.24) is 9.80 Å². The highest BCUT2D eigenvalue weighted by atomic mass is 16.7. The Morgan fingerprint density at radius 1 is 0.952 bits per heavy atom. The Morgan fingerprint density at radius 2 is 1.60 bits per heavy atom. The van der Waals surface area contributed by atoms with Crippen LogP contribution in [0.25, 0.3) is 0 Å². The molecule has 0 bridgehead atoms. The normalized spacial score (nSPS) is 26.9. The van der Waals surface area contributed by atoms with Gasteiger partial charge in [-0.2, -0.15) is 0 Å². The maximum Gasteiger partial charge on any atom is 0.404 e. The fourth-order valence-corrected chi connectivity index (χ4v) is 8.53. The third kappa shape index (κ3) is 7.71. The van der Waals surface area contributed by atoms with E-state index in [4.69, 9.17) is 35.2 Å². The van der Waals surface area contributed by atoms with Crippen LogP contribution >= 0.6 is 0 Å². The van der Waals surface area contributed by atoms with E-state index in [1.54, 1.807) is 13.8 Å². The number of carbonyl (C=O) groups excluding carboxylic acids is 6. The molecule has 332 valence electrons. The first kappa shape index (κ1) is 44.3. The first-order valence-corrected chi connectivity index (χ1v) is 19.9. The van der Waals surface area contributed by atoms with Crippen LogP contribution in [0.1, 0.15) is 75.8 Å². The number of primary amides is 1. The van der Waals surface area contributed by atoms with Crippen LogP contribution in [-0.2, 0) is 39.8 Å². The molecule has 3 saturated heterocycles. The van der Waals surface area contributed by atoms with E-state index >= 15 is 0 Å². The van der Waals surface area contributed by atoms with Crippen molar-refractivity contribution in [3.05, 3.63) is 74.1 Å². The number of hydrogen-bond donors (Lipinski definition) is 7. The summed E-state index contributed by atoms with van der Waals surface area (Å²) in [6.07, 6.45) is -6.90. The summed E-state index contributed by atoms with van der Waals surface area (Å²) in [7, 11) is 2.73. The Kier molecular flexibility index (Phi) is 12.0. The van der Waals surface area contributed by atoms with Gasteiger partial charge in [-0.1, -0.05) is 12.1 Å². The minimum atomic E-state index is -2.24. The Hall–Kier alpha value is -5.74. The van der Waals surface area contributed by atoms with Crippen LogP contribution in [0.15, 0.2) is 40.7 Å². The van der Waals surface area contributed by atoms with Crippen LogP contribution in [0.3, 0.4) is 0 Å². The first-order valence-electron chi connectivity index (χ1n) is 19.9. The number of ether oxygens (including phenoxy) is 5. The van der Waals surface area contributed by atoms with Crippen LogP contribution in [0.5, 0.6) is 17.2 Å². The van der Waals surface area contributed by atoms with E-state index in [2.05, 4.69) is 0 Å². The average Bonchev–Trinajstić information content (AvgIpc) is 4.18. The fourth-order valence-electron chi connectivity index (χ4n) is 8.53. The summed E-state index contributed by atoms with van der Waals surface area (Å²) in [5.41, 5.74) is 8.86. The number of Topliss-reactive ketones (excluding diaryl/α,β-unsaturated/α-hetero) is 3. The van der Waals surface area contributed by atoms with Crippen molar-refractivity contribution in [2.45, 2.75) is 75.5 Å². The highest BCUT2D eigenvalue weighted by Gasteiger charge is 2.50. The van der Waals surface area contributed by atoms with Gasteiger partial charge in [0.2, 0.25) is 17.3 Å². The maximum absolute atomic E-state index is 13.6. The van der Waals surface area contributed by atoms with Crippen LogP contribution in [0, 0.1) is 0 Å². The summed E-state index contributed by atoms with van der Waals surface area (Å²) in [6, 6.07) is 3.64. The summed E-state index contributed by atoms with van der Waals surface area (Å²) in [6.45, 7) is 4.99. The number of carbonyl (C=O) groups is 6. The Labute approximate surface area is 354 Å². The number of methoxy groups -OCH3 is 2. The van der Waals surface area contributed by atoms with Crippen molar-refractivity contribution in [2.75, 3.05) is 53.6 Å². The third-order valence-electron chi connectivity index (χ3n) is 11.9. The van der Waals surface area contributed by atoms with E-state index in [1.807, 2.05) is 9.80 Å². The van der Waals surface area contributed by atoms with Gasteiger partial charge >= 0.3 is 6.09 Å². The van der Waals surface area contributed by atoms with Gasteiger partial charge < -0.3 is 70.5 Å². The molecule has 2 aromatic carbocycles. The van der Waals surface area contributed by atoms with Crippen LogP contribution in [0.2, 0.25) is 0 Å². The maximum atomic E-state index is 13.6. The molecular formula is C42H48N4O16. The highest BCUT2D eigenvalue weighted by Crippen LogP contribution is 2.52. The quantitative estimate of drug-likeness (QED) is 0.0720. The van der Waals surface area contributed by atoms with Gasteiger partial charge in [0.15, 0.2) is 17.9 Å². The number of amides is 1. The number of rotatable bonds is 11. The topological polar surface area (TPSA) is 308 Å². The number of ketones is 5. The molecule has 3 aliphatic heterocycles. The molecule has 7 atom stereocenters. The van der Waals surface area contributed by atoms with E-state index in [-0.39, 0.29) is 58.2 Å². The minimum Gasteiger partial charge on any atom is -0.507 e. The standard InChI is InChI=1S/C27H29NO11.C15H19N3O5/c1-10-22(31)13(28)6-17(38-10)39-15-8-27(36,16(30)9-29)7-12-19(15)26(35)21-20(24(12)33)23(32)11-4-3-5-14(37-2)18(11)25(21)34;1-8-11(17-3-4-17)14(20)10(9(22-2)7-23-15(16)21)12(13(8)19)18-5-6-18/h3-5,10,13,15,17,22,29,31,33,35-36H,6-9,28H2,1-2H3;9H,3-7H2,1-2H3,(H2,16,21)/t10-,13-,15-,17-,22-,27-;/m0./s1. The number of phenols is 2. The third-order valence-corrected chi connectivity index (χ3v) is 11.9. The lowest BCUT2D eigenvalue weighted by molar-refractivity contribution is -0.247. The molecule has 0 saturated carbocycles. The molecule has 0 spiro atoms. The van der Waals surface area contributed by atoms with Crippen molar-refractivity contribution in [1.29, 1.82) is 0 Å². The molecule has 2 aromatic rings. The summed E-state index contributed by atoms with van der Waals surface area (Å²) in [5, 5.41) is 53.7. The van der Waals surface area contributed by atoms with Crippen molar-refractivity contribution in [2.24, 2.45) is 11.5 Å². The number of hydrogen-bond acceptors (Lipinski definition) is 19. The SMILES string of the molecule is COC(COC(N)=O)C1=C(N2CC2)C(=O)C(C)=C(N2CC2)C1=O.COc1cccc2c1C(=O)c1c(O)c3c(c(O)c1C2=O)C[C@@](O)(C(=O)CO)C[C@@H]3O[C@H]1C[C@H](N)[C@@H](O)[C@H](C)O1. The number of allylic oxidation sites excluding steroid dienone is 2. The molecule has 3 aliphatic carbocycles. The fraction of sp³-hybridized carbons (Fsp3) is 0.476. The number of nitrogens with two attached hydrogens (primary N) is 2. The zero-order valence-corrected chi connectivity index (χ0v) is 34.3. The van der Waals surface area contributed by atoms with Gasteiger partial charge in [0.05, 0.1) is 59.1 Å². The molecule has 0 aromatic heterocycles. The molecule has 62 heavy (non-hydrogen) atoms. The van der Waals surface area contributed by atoms with Gasteiger partial charge in [0.25, 0.3) is 0 Å². The van der Waals surface area contributed by atoms with Gasteiger partial charge in [0, 0.05) is 80.9 Å². The van der Waals surface area contributed by atoms with Gasteiger partial charge in [-0.15, -0.1) is 0 Å². The predicted molar refractivity (Wildman–Crippen MR) is 211 cm³/mol. The molecule has 1 unspecified atom stereocenters. The van der Waals surface area contributed by atoms with Crippen molar-refractivity contribution < 1.29 is 78.0 Å². The summed E-state index contributed by atoms with van der Waals surface area (Å²) in [4.78, 5) is 80.0. The number of aliphatic hydroxyl groups excluding tert-OH is 2. The van der Waals surface area contributed by atoms with Gasteiger partial charge in [-0.3, -0.25) is 24.0 Å². The van der Waals surface area contributed by atoms with E-state index in [0.29, 0.717) is 17.0 Å². The lowest BCUT2D eigenvalue weighted by atomic mass is 9.72. The van der Waals surface area contributed by atoms with Gasteiger partial charge in [-0.05, 0) is 19.9 Å². The molecule has 3 fully saturated rings. The largest absolute Gasteiger partial charge is 0.507 e. The number of nitrogens with zero attached hydrogens (tertiary/aromatic N) is 2. The molecule has 6 aliphatic rings. The van der Waals surface area contributed by atoms with Crippen LogP contribution in [0.4, 0.5) is 4.79 Å². The summed E-state index contributed by atoms with van der Waals surface area (Å²) >= 11 is 0. The lowest BCUT2D eigenvalue weighted by Gasteiger charge is -2.42. The monoisotopic (exact) mass is 864 g/mol. The molecule has 0 radical (unpaired) electrons. The first-order chi connectivity index (χ1) is 29.4. The van der Waals surface area contributed by atoms with Gasteiger partial charge in [0.1, 0.15) is 42.2 Å². The number of phenolic OH excluding ortho intramolecular Hbond substituents is 2. The molecule has 3 heterocycles. The van der Waals surface area contributed by atoms with Crippen molar-refractivity contribution in [3.63, 3.8) is 0 Å². The number of aliphatic hydroxyl groups is 3. The van der Waals surface area contributed by atoms with Crippen LogP contribution < -0.4 is 16.2 Å². The second kappa shape index (κ2) is 16.9. The van der Waals surface area contributed by atoms with E-state index in [1.165, 1.54) is 32.4 Å². The number of aromatic hydroxyl groups is 2. The van der Waals surface area contributed by atoms with Crippen molar-refractivity contribution >= 4 is 35.0 Å². The van der Waals surface area contributed by atoms with E-state index < -0.39 is 108 Å². The lowest BCUT2D eigenvalue weighted by Crippen LogP contribution is -2.53. The zero-order chi connectivity index (χ0) is 45.1. The van der Waals surface area contributed by atoms with Gasteiger partial charge in [-0.25, -0.2) is 4.79 Å². The molecule has 20 heteroatoms. The van der Waals surface area contributed by atoms with Crippen molar-refractivity contribution in [3.8, 4) is 17.2 Å². The molecule has 9 N–H and O–H groups in total. The molecule has 1 amide bonds.